The zero-order valence-corrected chi connectivity index (χ0v) is 9.43. The van der Waals surface area contributed by atoms with Gasteiger partial charge in [-0.2, -0.15) is 18.3 Å². The molecule has 1 atom stereocenters. The van der Waals surface area contributed by atoms with Crippen LogP contribution in [0, 0.1) is 0 Å². The zero-order chi connectivity index (χ0) is 13.2. The molecule has 2 rings (SSSR count). The first-order valence-electron chi connectivity index (χ1n) is 5.39. The van der Waals surface area contributed by atoms with Gasteiger partial charge in [0.2, 0.25) is 0 Å². The molecule has 0 aliphatic heterocycles. The van der Waals surface area contributed by atoms with Gasteiger partial charge in [-0.15, -0.1) is 0 Å². The van der Waals surface area contributed by atoms with E-state index in [0.29, 0.717) is 0 Å². The molecule has 0 amide bonds. The van der Waals surface area contributed by atoms with E-state index in [9.17, 15) is 13.2 Å². The number of halogens is 3. The van der Waals surface area contributed by atoms with Crippen LogP contribution in [0.2, 0.25) is 0 Å². The summed E-state index contributed by atoms with van der Waals surface area (Å²) in [5.74, 6) is 0. The standard InChI is InChI=1S/C12H12F3N3/c13-12(14,15)11-6-7-18(17-11)10(8-16)9-4-2-1-3-5-9/h1-7,10H,8,16H2. The molecular formula is C12H12F3N3. The summed E-state index contributed by atoms with van der Waals surface area (Å²) in [5.41, 5.74) is 5.54. The Labute approximate surface area is 102 Å². The van der Waals surface area contributed by atoms with Gasteiger partial charge < -0.3 is 5.73 Å². The fourth-order valence-corrected chi connectivity index (χ4v) is 1.73. The number of hydrogen-bond acceptors (Lipinski definition) is 2. The van der Waals surface area contributed by atoms with E-state index in [2.05, 4.69) is 5.10 Å². The van der Waals surface area contributed by atoms with Gasteiger partial charge in [-0.25, -0.2) is 0 Å². The SMILES string of the molecule is NCC(c1ccccc1)n1ccc(C(F)(F)F)n1. The Hall–Kier alpha value is -1.82. The first kappa shape index (κ1) is 12.6. The van der Waals surface area contributed by atoms with E-state index in [0.717, 1.165) is 11.6 Å². The van der Waals surface area contributed by atoms with Gasteiger partial charge in [0.15, 0.2) is 5.69 Å². The van der Waals surface area contributed by atoms with Crippen LogP contribution < -0.4 is 5.73 Å². The third-order valence-corrected chi connectivity index (χ3v) is 2.63. The van der Waals surface area contributed by atoms with Crippen molar-refractivity contribution < 1.29 is 13.2 Å². The first-order valence-corrected chi connectivity index (χ1v) is 5.39. The smallest absolute Gasteiger partial charge is 0.328 e. The minimum absolute atomic E-state index is 0.184. The van der Waals surface area contributed by atoms with Crippen LogP contribution in [0.15, 0.2) is 42.6 Å². The van der Waals surface area contributed by atoms with Crippen molar-refractivity contribution in [2.45, 2.75) is 12.2 Å². The molecule has 1 unspecified atom stereocenters. The van der Waals surface area contributed by atoms with Crippen LogP contribution in [0.3, 0.4) is 0 Å². The molecule has 0 aliphatic rings. The van der Waals surface area contributed by atoms with E-state index < -0.39 is 11.9 Å². The van der Waals surface area contributed by atoms with Gasteiger partial charge in [-0.3, -0.25) is 4.68 Å². The summed E-state index contributed by atoms with van der Waals surface area (Å²) >= 11 is 0. The largest absolute Gasteiger partial charge is 0.435 e. The predicted molar refractivity (Wildman–Crippen MR) is 60.9 cm³/mol. The Morgan fingerprint density at radius 1 is 1.17 bits per heavy atom. The van der Waals surface area contributed by atoms with E-state index in [1.807, 2.05) is 30.3 Å². The van der Waals surface area contributed by atoms with Gasteiger partial charge in [-0.1, -0.05) is 30.3 Å². The molecule has 96 valence electrons. The van der Waals surface area contributed by atoms with Gasteiger partial charge in [0.1, 0.15) is 0 Å². The molecule has 3 nitrogen and oxygen atoms in total. The van der Waals surface area contributed by atoms with E-state index in [4.69, 9.17) is 5.73 Å². The monoisotopic (exact) mass is 255 g/mol. The van der Waals surface area contributed by atoms with Crippen LogP contribution in [-0.2, 0) is 6.18 Å². The van der Waals surface area contributed by atoms with E-state index >= 15 is 0 Å². The number of hydrogen-bond donors (Lipinski definition) is 1. The van der Waals surface area contributed by atoms with E-state index in [-0.39, 0.29) is 12.6 Å². The molecule has 1 aromatic carbocycles. The maximum Gasteiger partial charge on any atom is 0.435 e. The molecule has 0 fully saturated rings. The maximum absolute atomic E-state index is 12.5. The lowest BCUT2D eigenvalue weighted by Gasteiger charge is -2.15. The van der Waals surface area contributed by atoms with Gasteiger partial charge in [0.05, 0.1) is 6.04 Å². The number of alkyl halides is 3. The first-order chi connectivity index (χ1) is 8.52. The van der Waals surface area contributed by atoms with Gasteiger partial charge >= 0.3 is 6.18 Å². The average molecular weight is 255 g/mol. The third kappa shape index (κ3) is 2.53. The van der Waals surface area contributed by atoms with E-state index in [1.54, 1.807) is 0 Å². The fourth-order valence-electron chi connectivity index (χ4n) is 1.73. The van der Waals surface area contributed by atoms with Crippen molar-refractivity contribution >= 4 is 0 Å². The molecule has 0 radical (unpaired) electrons. The van der Waals surface area contributed by atoms with Crippen LogP contribution in [0.25, 0.3) is 0 Å². The lowest BCUT2D eigenvalue weighted by Crippen LogP contribution is -2.21. The molecule has 1 heterocycles. The molecule has 2 N–H and O–H groups in total. The molecule has 0 bridgehead atoms. The van der Waals surface area contributed by atoms with Crippen molar-refractivity contribution in [3.8, 4) is 0 Å². The molecule has 0 aliphatic carbocycles. The topological polar surface area (TPSA) is 43.8 Å². The molecule has 0 saturated heterocycles. The van der Waals surface area contributed by atoms with Crippen LogP contribution in [0.4, 0.5) is 13.2 Å². The highest BCUT2D eigenvalue weighted by atomic mass is 19.4. The molecular weight excluding hydrogens is 243 g/mol. The summed E-state index contributed by atoms with van der Waals surface area (Å²) in [6.45, 7) is 0.184. The number of nitrogens with two attached hydrogens (primary N) is 1. The second-order valence-electron chi connectivity index (χ2n) is 3.84. The summed E-state index contributed by atoms with van der Waals surface area (Å²) < 4.78 is 38.6. The summed E-state index contributed by atoms with van der Waals surface area (Å²) in [4.78, 5) is 0. The van der Waals surface area contributed by atoms with Gasteiger partial charge in [0.25, 0.3) is 0 Å². The molecule has 1 aromatic heterocycles. The number of rotatable bonds is 3. The van der Waals surface area contributed by atoms with Crippen molar-refractivity contribution in [2.75, 3.05) is 6.54 Å². The van der Waals surface area contributed by atoms with Crippen molar-refractivity contribution in [1.29, 1.82) is 0 Å². The Morgan fingerprint density at radius 3 is 2.33 bits per heavy atom. The summed E-state index contributed by atoms with van der Waals surface area (Å²) in [7, 11) is 0. The second-order valence-corrected chi connectivity index (χ2v) is 3.84. The van der Waals surface area contributed by atoms with Crippen LogP contribution in [0.5, 0.6) is 0 Å². The van der Waals surface area contributed by atoms with Gasteiger partial charge in [0, 0.05) is 12.7 Å². The highest BCUT2D eigenvalue weighted by Gasteiger charge is 2.34. The number of nitrogens with zero attached hydrogens (tertiary/aromatic N) is 2. The lowest BCUT2D eigenvalue weighted by atomic mass is 10.1. The fraction of sp³-hybridized carbons (Fsp3) is 0.250. The summed E-state index contributed by atoms with van der Waals surface area (Å²) in [6, 6.07) is 9.65. The minimum atomic E-state index is -4.43. The van der Waals surface area contributed by atoms with Crippen molar-refractivity contribution in [2.24, 2.45) is 5.73 Å². The van der Waals surface area contributed by atoms with Gasteiger partial charge in [-0.05, 0) is 11.6 Å². The lowest BCUT2D eigenvalue weighted by molar-refractivity contribution is -0.141. The summed E-state index contributed by atoms with van der Waals surface area (Å²) in [6.07, 6.45) is -3.13. The Bertz CT molecular complexity index is 505. The molecule has 2 aromatic rings. The van der Waals surface area contributed by atoms with Crippen molar-refractivity contribution in [1.82, 2.24) is 9.78 Å². The minimum Gasteiger partial charge on any atom is -0.328 e. The predicted octanol–water partition coefficient (Wildman–Crippen LogP) is 2.45. The normalized spacial score (nSPS) is 13.6. The maximum atomic E-state index is 12.5. The Balaban J connectivity index is 2.32. The highest BCUT2D eigenvalue weighted by molar-refractivity contribution is 5.20. The average Bonchev–Trinajstić information content (AvgIpc) is 2.81. The van der Waals surface area contributed by atoms with Crippen molar-refractivity contribution in [3.63, 3.8) is 0 Å². The Kier molecular flexibility index (Phi) is 3.38. The summed E-state index contributed by atoms with van der Waals surface area (Å²) in [5, 5.41) is 3.54. The quantitative estimate of drug-likeness (QED) is 0.915. The molecule has 6 heteroatoms. The second kappa shape index (κ2) is 4.81. The number of benzene rings is 1. The zero-order valence-electron chi connectivity index (χ0n) is 9.43. The van der Waals surface area contributed by atoms with E-state index in [1.165, 1.54) is 10.9 Å². The highest BCUT2D eigenvalue weighted by Crippen LogP contribution is 2.28. The van der Waals surface area contributed by atoms with Crippen molar-refractivity contribution in [3.05, 3.63) is 53.9 Å². The van der Waals surface area contributed by atoms with Crippen LogP contribution in [-0.4, -0.2) is 16.3 Å². The van der Waals surface area contributed by atoms with Crippen LogP contribution in [0.1, 0.15) is 17.3 Å². The third-order valence-electron chi connectivity index (χ3n) is 2.63. The van der Waals surface area contributed by atoms with Crippen LogP contribution >= 0.6 is 0 Å². The molecule has 0 saturated carbocycles. The molecule has 18 heavy (non-hydrogen) atoms. The Morgan fingerprint density at radius 2 is 1.83 bits per heavy atom. The molecule has 0 spiro atoms. The number of aromatic nitrogens is 2.